The van der Waals surface area contributed by atoms with E-state index in [2.05, 4.69) is 26.1 Å². The molecule has 0 aliphatic heterocycles. The molecular formula is C17H27NO2. The SMILES string of the molecule is Cc1c(C)c(C)c(C(=O)NC(CO)C(C)C)c(C)c1C. The summed E-state index contributed by atoms with van der Waals surface area (Å²) in [6, 6.07) is -0.205. The summed E-state index contributed by atoms with van der Waals surface area (Å²) >= 11 is 0. The summed E-state index contributed by atoms with van der Waals surface area (Å²) in [5.74, 6) is 0.121. The van der Waals surface area contributed by atoms with E-state index in [9.17, 15) is 9.90 Å². The highest BCUT2D eigenvalue weighted by Gasteiger charge is 2.21. The molecule has 0 aromatic heterocycles. The second-order valence-corrected chi connectivity index (χ2v) is 6.01. The van der Waals surface area contributed by atoms with Crippen LogP contribution in [0.4, 0.5) is 0 Å². The minimum absolute atomic E-state index is 0.0364. The molecule has 1 unspecified atom stereocenters. The number of carbonyl (C=O) groups is 1. The molecule has 0 bridgehead atoms. The van der Waals surface area contributed by atoms with Gasteiger partial charge in [0.1, 0.15) is 0 Å². The summed E-state index contributed by atoms with van der Waals surface area (Å²) in [7, 11) is 0. The zero-order valence-electron chi connectivity index (χ0n) is 13.7. The molecule has 0 spiro atoms. The van der Waals surface area contributed by atoms with E-state index in [4.69, 9.17) is 0 Å². The molecule has 3 heteroatoms. The molecule has 112 valence electrons. The Bertz CT molecular complexity index is 489. The molecule has 0 radical (unpaired) electrons. The van der Waals surface area contributed by atoms with Gasteiger partial charge in [0.25, 0.3) is 5.91 Å². The van der Waals surface area contributed by atoms with Crippen LogP contribution in [0.25, 0.3) is 0 Å². The van der Waals surface area contributed by atoms with Crippen molar-refractivity contribution < 1.29 is 9.90 Å². The predicted molar refractivity (Wildman–Crippen MR) is 83.3 cm³/mol. The highest BCUT2D eigenvalue weighted by atomic mass is 16.3. The second kappa shape index (κ2) is 6.40. The average Bonchev–Trinajstić information content (AvgIpc) is 2.40. The van der Waals surface area contributed by atoms with E-state index >= 15 is 0 Å². The third-order valence-electron chi connectivity index (χ3n) is 4.54. The molecule has 3 nitrogen and oxygen atoms in total. The van der Waals surface area contributed by atoms with Crippen molar-refractivity contribution in [2.75, 3.05) is 6.61 Å². The summed E-state index contributed by atoms with van der Waals surface area (Å²) in [6.45, 7) is 14.1. The van der Waals surface area contributed by atoms with Crippen molar-refractivity contribution in [2.45, 2.75) is 54.5 Å². The molecule has 0 saturated carbocycles. The number of benzene rings is 1. The third kappa shape index (κ3) is 3.04. The van der Waals surface area contributed by atoms with Crippen LogP contribution in [0.3, 0.4) is 0 Å². The number of nitrogens with one attached hydrogen (secondary N) is 1. The largest absolute Gasteiger partial charge is 0.394 e. The van der Waals surface area contributed by atoms with E-state index in [0.29, 0.717) is 0 Å². The first kappa shape index (κ1) is 16.7. The Labute approximate surface area is 122 Å². The first-order valence-corrected chi connectivity index (χ1v) is 7.21. The van der Waals surface area contributed by atoms with Gasteiger partial charge in [0.2, 0.25) is 0 Å². The Morgan fingerprint density at radius 1 is 0.950 bits per heavy atom. The maximum Gasteiger partial charge on any atom is 0.252 e. The lowest BCUT2D eigenvalue weighted by molar-refractivity contribution is 0.0895. The van der Waals surface area contributed by atoms with Gasteiger partial charge < -0.3 is 10.4 Å². The fourth-order valence-corrected chi connectivity index (χ4v) is 2.50. The Morgan fingerprint density at radius 2 is 1.35 bits per heavy atom. The topological polar surface area (TPSA) is 49.3 Å². The van der Waals surface area contributed by atoms with E-state index in [1.807, 2.05) is 27.7 Å². The van der Waals surface area contributed by atoms with Crippen molar-refractivity contribution in [2.24, 2.45) is 5.92 Å². The molecule has 1 aromatic carbocycles. The third-order valence-corrected chi connectivity index (χ3v) is 4.54. The van der Waals surface area contributed by atoms with Gasteiger partial charge in [-0.05, 0) is 68.4 Å². The Morgan fingerprint density at radius 3 is 1.70 bits per heavy atom. The number of carbonyl (C=O) groups excluding carboxylic acids is 1. The molecule has 0 fully saturated rings. The normalized spacial score (nSPS) is 12.7. The lowest BCUT2D eigenvalue weighted by Gasteiger charge is -2.23. The van der Waals surface area contributed by atoms with Crippen molar-refractivity contribution in [1.29, 1.82) is 0 Å². The number of rotatable bonds is 4. The molecule has 1 amide bonds. The highest BCUT2D eigenvalue weighted by molar-refractivity contribution is 5.98. The summed E-state index contributed by atoms with van der Waals surface area (Å²) in [5, 5.41) is 12.3. The zero-order chi connectivity index (χ0) is 15.6. The van der Waals surface area contributed by atoms with Crippen molar-refractivity contribution in [3.8, 4) is 0 Å². The van der Waals surface area contributed by atoms with E-state index < -0.39 is 0 Å². The van der Waals surface area contributed by atoms with Gasteiger partial charge in [-0.3, -0.25) is 4.79 Å². The van der Waals surface area contributed by atoms with Crippen LogP contribution in [0, 0.1) is 40.5 Å². The quantitative estimate of drug-likeness (QED) is 0.889. The van der Waals surface area contributed by atoms with Crippen LogP contribution in [-0.4, -0.2) is 23.7 Å². The van der Waals surface area contributed by atoms with E-state index in [0.717, 1.165) is 16.7 Å². The van der Waals surface area contributed by atoms with E-state index in [-0.39, 0.29) is 24.5 Å². The maximum absolute atomic E-state index is 12.6. The van der Waals surface area contributed by atoms with Crippen molar-refractivity contribution >= 4 is 5.91 Å². The van der Waals surface area contributed by atoms with Crippen molar-refractivity contribution in [3.05, 3.63) is 33.4 Å². The summed E-state index contributed by atoms with van der Waals surface area (Å²) in [6.07, 6.45) is 0. The van der Waals surface area contributed by atoms with Gasteiger partial charge in [-0.1, -0.05) is 13.8 Å². The van der Waals surface area contributed by atoms with Crippen LogP contribution < -0.4 is 5.32 Å². The van der Waals surface area contributed by atoms with Crippen LogP contribution in [0.15, 0.2) is 0 Å². The second-order valence-electron chi connectivity index (χ2n) is 6.01. The Balaban J connectivity index is 3.24. The lowest BCUT2D eigenvalue weighted by Crippen LogP contribution is -2.41. The van der Waals surface area contributed by atoms with Crippen LogP contribution in [0.5, 0.6) is 0 Å². The molecule has 2 N–H and O–H groups in total. The van der Waals surface area contributed by atoms with Gasteiger partial charge >= 0.3 is 0 Å². The molecule has 0 heterocycles. The molecular weight excluding hydrogens is 250 g/mol. The van der Waals surface area contributed by atoms with Crippen molar-refractivity contribution in [3.63, 3.8) is 0 Å². The monoisotopic (exact) mass is 277 g/mol. The molecule has 0 aliphatic carbocycles. The van der Waals surface area contributed by atoms with Crippen LogP contribution >= 0.6 is 0 Å². The van der Waals surface area contributed by atoms with Gasteiger partial charge in [-0.15, -0.1) is 0 Å². The molecule has 1 aromatic rings. The van der Waals surface area contributed by atoms with E-state index in [1.165, 1.54) is 16.7 Å². The lowest BCUT2D eigenvalue weighted by atomic mass is 9.89. The minimum atomic E-state index is -0.205. The minimum Gasteiger partial charge on any atom is -0.394 e. The summed E-state index contributed by atoms with van der Waals surface area (Å²) in [4.78, 5) is 12.6. The molecule has 0 saturated heterocycles. The van der Waals surface area contributed by atoms with Gasteiger partial charge in [0.15, 0.2) is 0 Å². The van der Waals surface area contributed by atoms with E-state index in [1.54, 1.807) is 0 Å². The van der Waals surface area contributed by atoms with Crippen LogP contribution in [-0.2, 0) is 0 Å². The first-order chi connectivity index (χ1) is 9.22. The van der Waals surface area contributed by atoms with Gasteiger partial charge in [0, 0.05) is 5.56 Å². The summed E-state index contributed by atoms with van der Waals surface area (Å²) in [5.41, 5.74) is 6.41. The standard InChI is InChI=1S/C17H27NO2/c1-9(2)15(8-19)18-17(20)16-13(6)11(4)10(3)12(5)14(16)7/h9,15,19H,8H2,1-7H3,(H,18,20). The molecule has 0 aliphatic rings. The van der Waals surface area contributed by atoms with Crippen molar-refractivity contribution in [1.82, 2.24) is 5.32 Å². The number of hydrogen-bond donors (Lipinski definition) is 2. The molecule has 1 atom stereocenters. The smallest absolute Gasteiger partial charge is 0.252 e. The molecule has 20 heavy (non-hydrogen) atoms. The number of aliphatic hydroxyl groups excluding tert-OH is 1. The maximum atomic E-state index is 12.6. The number of hydrogen-bond acceptors (Lipinski definition) is 2. The number of aliphatic hydroxyl groups is 1. The zero-order valence-corrected chi connectivity index (χ0v) is 13.7. The fourth-order valence-electron chi connectivity index (χ4n) is 2.50. The fraction of sp³-hybridized carbons (Fsp3) is 0.588. The van der Waals surface area contributed by atoms with Crippen LogP contribution in [0.1, 0.15) is 52.0 Å². The highest BCUT2D eigenvalue weighted by Crippen LogP contribution is 2.26. The molecule has 1 rings (SSSR count). The van der Waals surface area contributed by atoms with Gasteiger partial charge in [-0.25, -0.2) is 0 Å². The summed E-state index contributed by atoms with van der Waals surface area (Å²) < 4.78 is 0. The van der Waals surface area contributed by atoms with Gasteiger partial charge in [-0.2, -0.15) is 0 Å². The van der Waals surface area contributed by atoms with Crippen LogP contribution in [0.2, 0.25) is 0 Å². The predicted octanol–water partition coefficient (Wildman–Crippen LogP) is 2.98. The Kier molecular flexibility index (Phi) is 5.35. The first-order valence-electron chi connectivity index (χ1n) is 7.21. The average molecular weight is 277 g/mol. The van der Waals surface area contributed by atoms with Gasteiger partial charge in [0.05, 0.1) is 12.6 Å². The number of amides is 1. The Hall–Kier alpha value is -1.35.